The first-order valence-electron chi connectivity index (χ1n) is 11.2. The fraction of sp³-hybridized carbons (Fsp3) is 0.952. The fourth-order valence-corrected chi connectivity index (χ4v) is 3.68. The van der Waals surface area contributed by atoms with Crippen molar-refractivity contribution < 1.29 is 27.7 Å². The highest BCUT2D eigenvalue weighted by Crippen LogP contribution is 2.43. The third-order valence-electron chi connectivity index (χ3n) is 4.94. The van der Waals surface area contributed by atoms with Gasteiger partial charge in [-0.1, -0.05) is 96.3 Å². The van der Waals surface area contributed by atoms with Crippen molar-refractivity contribution in [1.82, 2.24) is 0 Å². The molecule has 1 atom stereocenters. The molecule has 0 aromatic carbocycles. The van der Waals surface area contributed by atoms with Crippen LogP contribution in [0.5, 0.6) is 0 Å². The molecule has 0 saturated carbocycles. The van der Waals surface area contributed by atoms with Crippen LogP contribution in [0, 0.1) is 0 Å². The summed E-state index contributed by atoms with van der Waals surface area (Å²) in [5.74, 6) is -0.935. The number of halogens is 1. The quantitative estimate of drug-likeness (QED) is 0.155. The number of hydrogen-bond acceptors (Lipinski definition) is 4. The first-order chi connectivity index (χ1) is 13.5. The molecule has 0 aliphatic heterocycles. The maximum absolute atomic E-state index is 12.2. The number of ether oxygens (including phenoxy) is 1. The van der Waals surface area contributed by atoms with Crippen LogP contribution in [0.25, 0.3) is 0 Å². The summed E-state index contributed by atoms with van der Waals surface area (Å²) in [4.78, 5) is 19.3. The second-order valence-electron chi connectivity index (χ2n) is 7.67. The number of carbonyl (C=O) groups is 1. The van der Waals surface area contributed by atoms with Crippen LogP contribution in [-0.4, -0.2) is 24.6 Å². The average Bonchev–Trinajstić information content (AvgIpc) is 2.62. The van der Waals surface area contributed by atoms with E-state index in [2.05, 4.69) is 4.52 Å². The van der Waals surface area contributed by atoms with E-state index in [1.165, 1.54) is 83.5 Å². The van der Waals surface area contributed by atoms with Gasteiger partial charge in [-0.15, -0.1) is 4.20 Å². The van der Waals surface area contributed by atoms with Gasteiger partial charge in [0.15, 0.2) is 0 Å². The summed E-state index contributed by atoms with van der Waals surface area (Å²) >= 11 is 0. The lowest BCUT2D eigenvalue weighted by atomic mass is 10.0. The zero-order chi connectivity index (χ0) is 20.9. The maximum atomic E-state index is 12.2. The molecule has 0 amide bonds. The minimum atomic E-state index is -5.17. The predicted octanol–water partition coefficient (Wildman–Crippen LogP) is 7.27. The largest absolute Gasteiger partial charge is 0.569 e. The Bertz CT molecular complexity index is 400. The van der Waals surface area contributed by atoms with E-state index >= 15 is 0 Å². The summed E-state index contributed by atoms with van der Waals surface area (Å²) in [5, 5.41) is 0. The first-order valence-corrected chi connectivity index (χ1v) is 12.7. The van der Waals surface area contributed by atoms with Crippen LogP contribution in [0.2, 0.25) is 0 Å². The third kappa shape index (κ3) is 23.6. The monoisotopic (exact) mass is 424 g/mol. The van der Waals surface area contributed by atoms with Crippen LogP contribution < -0.4 is 0 Å². The van der Waals surface area contributed by atoms with Gasteiger partial charge < -0.3 is 9.26 Å². The van der Waals surface area contributed by atoms with Crippen LogP contribution in [0.3, 0.4) is 0 Å². The number of carbonyl (C=O) groups excluding carboxylic acids is 1. The van der Waals surface area contributed by atoms with E-state index in [0.717, 1.165) is 25.9 Å². The Morgan fingerprint density at radius 1 is 0.714 bits per heavy atom. The van der Waals surface area contributed by atoms with Gasteiger partial charge in [0.25, 0.3) is 0 Å². The zero-order valence-corrected chi connectivity index (χ0v) is 18.7. The molecule has 0 rings (SSSR count). The first kappa shape index (κ1) is 27.5. The van der Waals surface area contributed by atoms with Crippen LogP contribution >= 0.6 is 7.91 Å². The van der Waals surface area contributed by atoms with E-state index in [9.17, 15) is 13.6 Å². The molecule has 1 unspecified atom stereocenters. The van der Waals surface area contributed by atoms with Crippen molar-refractivity contribution >= 4 is 13.9 Å². The number of unbranched alkanes of at least 4 members (excludes halogenated alkanes) is 16. The van der Waals surface area contributed by atoms with Gasteiger partial charge in [0, 0.05) is 20.1 Å². The van der Waals surface area contributed by atoms with Crippen molar-refractivity contribution in [3.8, 4) is 0 Å². The smallest absolute Gasteiger partial charge is 0.385 e. The third-order valence-corrected chi connectivity index (χ3v) is 5.37. The SMILES string of the molecule is COCCCCCCCCCCCCCCCCCCCC(=O)OP(=O)(O)F. The summed E-state index contributed by atoms with van der Waals surface area (Å²) in [6, 6.07) is 0. The Labute approximate surface area is 171 Å². The highest BCUT2D eigenvalue weighted by atomic mass is 31.2. The standard InChI is InChI=1S/C21H42FO5P/c1-26-20-18-16-14-12-10-8-6-4-2-3-5-7-9-11-13-15-17-19-21(23)27-28(22,24)25/h2-20H2,1H3,(H,24,25). The zero-order valence-electron chi connectivity index (χ0n) is 17.8. The Hall–Kier alpha value is -0.450. The van der Waals surface area contributed by atoms with E-state index < -0.39 is 13.9 Å². The Balaban J connectivity index is 3.12. The van der Waals surface area contributed by atoms with Gasteiger partial charge in [-0.2, -0.15) is 0 Å². The van der Waals surface area contributed by atoms with E-state index in [1.54, 1.807) is 7.11 Å². The summed E-state index contributed by atoms with van der Waals surface area (Å²) in [6.07, 6.45) is 20.7. The van der Waals surface area contributed by atoms with Gasteiger partial charge in [0.1, 0.15) is 0 Å². The molecule has 0 aliphatic carbocycles. The number of rotatable bonds is 21. The lowest BCUT2D eigenvalue weighted by Crippen LogP contribution is -2.00. The molecule has 5 nitrogen and oxygen atoms in total. The van der Waals surface area contributed by atoms with Crippen molar-refractivity contribution in [2.75, 3.05) is 13.7 Å². The Kier molecular flexibility index (Phi) is 19.5. The molecule has 7 heteroatoms. The molecule has 0 aromatic rings. The van der Waals surface area contributed by atoms with Crippen molar-refractivity contribution in [3.05, 3.63) is 0 Å². The molecule has 0 aromatic heterocycles. The van der Waals surface area contributed by atoms with E-state index in [0.29, 0.717) is 6.42 Å². The molecule has 1 N–H and O–H groups in total. The highest BCUT2D eigenvalue weighted by molar-refractivity contribution is 7.47. The van der Waals surface area contributed by atoms with E-state index in [-0.39, 0.29) is 6.42 Å². The number of methoxy groups -OCH3 is 1. The normalized spacial score (nSPS) is 13.4. The molecule has 0 bridgehead atoms. The molecule has 0 spiro atoms. The maximum Gasteiger partial charge on any atom is 0.569 e. The minimum absolute atomic E-state index is 0.00227. The summed E-state index contributed by atoms with van der Waals surface area (Å²) in [7, 11) is -3.40. The molecule has 28 heavy (non-hydrogen) atoms. The van der Waals surface area contributed by atoms with Gasteiger partial charge in [-0.25, -0.2) is 4.57 Å². The summed E-state index contributed by atoms with van der Waals surface area (Å²) in [5.41, 5.74) is 0. The van der Waals surface area contributed by atoms with Crippen LogP contribution in [0.4, 0.5) is 4.20 Å². The molecule has 0 radical (unpaired) electrons. The second kappa shape index (κ2) is 19.8. The van der Waals surface area contributed by atoms with Gasteiger partial charge in [0.2, 0.25) is 0 Å². The molecular formula is C21H42FO5P. The van der Waals surface area contributed by atoms with Gasteiger partial charge in [-0.05, 0) is 12.8 Å². The van der Waals surface area contributed by atoms with Crippen LogP contribution in [0.15, 0.2) is 0 Å². The second-order valence-corrected chi connectivity index (χ2v) is 8.75. The van der Waals surface area contributed by atoms with Crippen molar-refractivity contribution in [2.45, 2.75) is 116 Å². The number of hydrogen-bond donors (Lipinski definition) is 1. The molecule has 0 aliphatic rings. The molecule has 168 valence electrons. The summed E-state index contributed by atoms with van der Waals surface area (Å²) < 4.78 is 31.3. The van der Waals surface area contributed by atoms with Gasteiger partial charge in [-0.3, -0.25) is 9.69 Å². The Morgan fingerprint density at radius 2 is 1.04 bits per heavy atom. The lowest BCUT2D eigenvalue weighted by molar-refractivity contribution is -0.135. The highest BCUT2D eigenvalue weighted by Gasteiger charge is 2.22. The molecule has 0 heterocycles. The van der Waals surface area contributed by atoms with Crippen LogP contribution in [0.1, 0.15) is 116 Å². The topological polar surface area (TPSA) is 72.8 Å². The van der Waals surface area contributed by atoms with E-state index in [4.69, 9.17) is 9.63 Å². The van der Waals surface area contributed by atoms with Crippen molar-refractivity contribution in [3.63, 3.8) is 0 Å². The molecular weight excluding hydrogens is 382 g/mol. The Morgan fingerprint density at radius 3 is 1.36 bits per heavy atom. The van der Waals surface area contributed by atoms with E-state index in [1.807, 2.05) is 0 Å². The average molecular weight is 425 g/mol. The summed E-state index contributed by atoms with van der Waals surface area (Å²) in [6.45, 7) is 0.897. The van der Waals surface area contributed by atoms with Crippen molar-refractivity contribution in [1.29, 1.82) is 0 Å². The van der Waals surface area contributed by atoms with Crippen LogP contribution in [-0.2, 0) is 18.6 Å². The van der Waals surface area contributed by atoms with Gasteiger partial charge in [0.05, 0.1) is 0 Å². The fourth-order valence-electron chi connectivity index (χ4n) is 3.34. The molecule has 0 fully saturated rings. The predicted molar refractivity (Wildman–Crippen MR) is 112 cm³/mol. The molecule has 0 saturated heterocycles. The minimum Gasteiger partial charge on any atom is -0.385 e. The van der Waals surface area contributed by atoms with Crippen molar-refractivity contribution in [2.24, 2.45) is 0 Å². The van der Waals surface area contributed by atoms with Gasteiger partial charge >= 0.3 is 13.9 Å². The lowest BCUT2D eigenvalue weighted by Gasteiger charge is -2.04.